The van der Waals surface area contributed by atoms with E-state index in [1.165, 1.54) is 0 Å². The molecule has 1 aromatic carbocycles. The summed E-state index contributed by atoms with van der Waals surface area (Å²) in [6.45, 7) is 1.45. The SMILES string of the molecule is O=C(Cc1cccs1)N1CCC(c2nc(-c3cccc(Cl)c3)no2)CC1. The average Bonchev–Trinajstić information content (AvgIpc) is 3.34. The fourth-order valence-electron chi connectivity index (χ4n) is 3.20. The van der Waals surface area contributed by atoms with Crippen LogP contribution in [0.5, 0.6) is 0 Å². The molecule has 26 heavy (non-hydrogen) atoms. The summed E-state index contributed by atoms with van der Waals surface area (Å²) < 4.78 is 5.47. The Morgan fingerprint density at radius 3 is 2.85 bits per heavy atom. The van der Waals surface area contributed by atoms with E-state index in [4.69, 9.17) is 16.1 Å². The number of nitrogens with zero attached hydrogens (tertiary/aromatic N) is 3. The summed E-state index contributed by atoms with van der Waals surface area (Å²) in [6, 6.07) is 11.4. The van der Waals surface area contributed by atoms with E-state index in [9.17, 15) is 4.79 Å². The smallest absolute Gasteiger partial charge is 0.230 e. The van der Waals surface area contributed by atoms with Crippen LogP contribution in [0.4, 0.5) is 0 Å². The molecule has 0 spiro atoms. The third-order valence-electron chi connectivity index (χ3n) is 4.63. The van der Waals surface area contributed by atoms with Crippen molar-refractivity contribution in [2.75, 3.05) is 13.1 Å². The molecule has 1 aliphatic heterocycles. The maximum Gasteiger partial charge on any atom is 0.230 e. The minimum Gasteiger partial charge on any atom is -0.342 e. The van der Waals surface area contributed by atoms with Gasteiger partial charge in [0, 0.05) is 34.5 Å². The molecule has 0 radical (unpaired) electrons. The molecule has 0 atom stereocenters. The van der Waals surface area contributed by atoms with E-state index < -0.39 is 0 Å². The molecule has 3 aromatic rings. The van der Waals surface area contributed by atoms with Gasteiger partial charge in [-0.25, -0.2) is 0 Å². The van der Waals surface area contributed by atoms with E-state index in [1.807, 2.05) is 46.7 Å². The maximum absolute atomic E-state index is 12.4. The van der Waals surface area contributed by atoms with Crippen LogP contribution in [0.2, 0.25) is 5.02 Å². The summed E-state index contributed by atoms with van der Waals surface area (Å²) in [7, 11) is 0. The molecular weight excluding hydrogens is 370 g/mol. The van der Waals surface area contributed by atoms with E-state index in [2.05, 4.69) is 10.1 Å². The van der Waals surface area contributed by atoms with Crippen molar-refractivity contribution >= 4 is 28.8 Å². The fraction of sp³-hybridized carbons (Fsp3) is 0.316. The van der Waals surface area contributed by atoms with E-state index >= 15 is 0 Å². The van der Waals surface area contributed by atoms with Crippen LogP contribution in [0, 0.1) is 0 Å². The van der Waals surface area contributed by atoms with Crippen molar-refractivity contribution in [2.24, 2.45) is 0 Å². The van der Waals surface area contributed by atoms with E-state index in [-0.39, 0.29) is 11.8 Å². The lowest BCUT2D eigenvalue weighted by molar-refractivity contribution is -0.131. The third-order valence-corrected chi connectivity index (χ3v) is 5.74. The molecule has 3 heterocycles. The fourth-order valence-corrected chi connectivity index (χ4v) is 4.08. The van der Waals surface area contributed by atoms with Crippen LogP contribution in [0.3, 0.4) is 0 Å². The molecule has 0 aliphatic carbocycles. The second kappa shape index (κ2) is 7.60. The molecule has 0 saturated carbocycles. The first-order valence-electron chi connectivity index (χ1n) is 8.59. The van der Waals surface area contributed by atoms with Crippen LogP contribution >= 0.6 is 22.9 Å². The monoisotopic (exact) mass is 387 g/mol. The minimum atomic E-state index is 0.191. The highest BCUT2D eigenvalue weighted by molar-refractivity contribution is 7.10. The standard InChI is InChI=1S/C19H18ClN3O2S/c20-15-4-1-3-14(11-15)18-21-19(25-22-18)13-6-8-23(9-7-13)17(24)12-16-5-2-10-26-16/h1-5,10-11,13H,6-9,12H2. The number of thiophene rings is 1. The second-order valence-electron chi connectivity index (χ2n) is 6.38. The number of rotatable bonds is 4. The van der Waals surface area contributed by atoms with Gasteiger partial charge in [-0.1, -0.05) is 35.0 Å². The molecular formula is C19H18ClN3O2S. The highest BCUT2D eigenvalue weighted by atomic mass is 35.5. The molecule has 1 amide bonds. The number of piperidine rings is 1. The van der Waals surface area contributed by atoms with Gasteiger partial charge in [0.1, 0.15) is 0 Å². The molecule has 134 valence electrons. The van der Waals surface area contributed by atoms with Gasteiger partial charge in [-0.2, -0.15) is 4.98 Å². The minimum absolute atomic E-state index is 0.191. The number of carbonyl (C=O) groups is 1. The van der Waals surface area contributed by atoms with Crippen molar-refractivity contribution in [1.29, 1.82) is 0 Å². The Hall–Kier alpha value is -2.18. The number of halogens is 1. The van der Waals surface area contributed by atoms with Gasteiger partial charge in [0.05, 0.1) is 6.42 Å². The highest BCUT2D eigenvalue weighted by Crippen LogP contribution is 2.29. The molecule has 1 aliphatic rings. The van der Waals surface area contributed by atoms with E-state index in [0.717, 1.165) is 36.4 Å². The zero-order valence-corrected chi connectivity index (χ0v) is 15.7. The second-order valence-corrected chi connectivity index (χ2v) is 7.85. The predicted molar refractivity (Wildman–Crippen MR) is 101 cm³/mol. The highest BCUT2D eigenvalue weighted by Gasteiger charge is 2.27. The van der Waals surface area contributed by atoms with Gasteiger partial charge >= 0.3 is 0 Å². The number of hydrogen-bond donors (Lipinski definition) is 0. The zero-order valence-electron chi connectivity index (χ0n) is 14.1. The summed E-state index contributed by atoms with van der Waals surface area (Å²) in [4.78, 5) is 20.0. The Kier molecular flexibility index (Phi) is 5.04. The summed E-state index contributed by atoms with van der Waals surface area (Å²) in [6.07, 6.45) is 2.17. The molecule has 4 rings (SSSR count). The van der Waals surface area contributed by atoms with Crippen LogP contribution in [-0.4, -0.2) is 34.0 Å². The summed E-state index contributed by atoms with van der Waals surface area (Å²) in [5.74, 6) is 1.58. The van der Waals surface area contributed by atoms with Crippen LogP contribution < -0.4 is 0 Å². The van der Waals surface area contributed by atoms with Crippen LogP contribution in [-0.2, 0) is 11.2 Å². The quantitative estimate of drug-likeness (QED) is 0.665. The van der Waals surface area contributed by atoms with Gasteiger partial charge in [-0.15, -0.1) is 11.3 Å². The number of benzene rings is 1. The van der Waals surface area contributed by atoms with Crippen molar-refractivity contribution in [2.45, 2.75) is 25.2 Å². The van der Waals surface area contributed by atoms with Crippen molar-refractivity contribution in [3.05, 3.63) is 57.6 Å². The maximum atomic E-state index is 12.4. The Balaban J connectivity index is 1.37. The van der Waals surface area contributed by atoms with Crippen molar-refractivity contribution in [1.82, 2.24) is 15.0 Å². The zero-order chi connectivity index (χ0) is 17.9. The summed E-state index contributed by atoms with van der Waals surface area (Å²) in [5, 5.41) is 6.73. The Labute approximate surface area is 160 Å². The molecule has 1 fully saturated rings. The number of hydrogen-bond acceptors (Lipinski definition) is 5. The van der Waals surface area contributed by atoms with Gasteiger partial charge in [-0.05, 0) is 36.4 Å². The molecule has 5 nitrogen and oxygen atoms in total. The molecule has 1 saturated heterocycles. The van der Waals surface area contributed by atoms with Gasteiger partial charge in [0.2, 0.25) is 17.6 Å². The largest absolute Gasteiger partial charge is 0.342 e. The normalized spacial score (nSPS) is 15.3. The van der Waals surface area contributed by atoms with Crippen LogP contribution in [0.1, 0.15) is 29.5 Å². The lowest BCUT2D eigenvalue weighted by Crippen LogP contribution is -2.38. The van der Waals surface area contributed by atoms with E-state index in [1.54, 1.807) is 11.3 Å². The third kappa shape index (κ3) is 3.81. The number of amides is 1. The van der Waals surface area contributed by atoms with E-state index in [0.29, 0.717) is 23.2 Å². The van der Waals surface area contributed by atoms with Crippen LogP contribution in [0.15, 0.2) is 46.3 Å². The van der Waals surface area contributed by atoms with Gasteiger partial charge in [0.15, 0.2) is 0 Å². The number of likely N-dealkylation sites (tertiary alicyclic amines) is 1. The molecule has 0 bridgehead atoms. The lowest BCUT2D eigenvalue weighted by Gasteiger charge is -2.30. The molecule has 7 heteroatoms. The Morgan fingerprint density at radius 1 is 1.27 bits per heavy atom. The molecule has 2 aromatic heterocycles. The van der Waals surface area contributed by atoms with Gasteiger partial charge in [0.25, 0.3) is 0 Å². The van der Waals surface area contributed by atoms with Crippen molar-refractivity contribution < 1.29 is 9.32 Å². The first kappa shape index (κ1) is 17.2. The summed E-state index contributed by atoms with van der Waals surface area (Å²) in [5.41, 5.74) is 0.844. The number of aromatic nitrogens is 2. The predicted octanol–water partition coefficient (Wildman–Crippen LogP) is 4.40. The summed E-state index contributed by atoms with van der Waals surface area (Å²) >= 11 is 7.65. The Morgan fingerprint density at radius 2 is 2.12 bits per heavy atom. The molecule has 0 unspecified atom stereocenters. The van der Waals surface area contributed by atoms with Gasteiger partial charge < -0.3 is 9.42 Å². The molecule has 0 N–H and O–H groups in total. The van der Waals surface area contributed by atoms with Crippen LogP contribution in [0.25, 0.3) is 11.4 Å². The first-order chi connectivity index (χ1) is 12.7. The van der Waals surface area contributed by atoms with Gasteiger partial charge in [-0.3, -0.25) is 4.79 Å². The van der Waals surface area contributed by atoms with Crippen molar-refractivity contribution in [3.8, 4) is 11.4 Å². The first-order valence-corrected chi connectivity index (χ1v) is 9.84. The lowest BCUT2D eigenvalue weighted by atomic mass is 9.96. The number of carbonyl (C=O) groups excluding carboxylic acids is 1. The van der Waals surface area contributed by atoms with Crippen molar-refractivity contribution in [3.63, 3.8) is 0 Å². The topological polar surface area (TPSA) is 59.2 Å². The average molecular weight is 388 g/mol. The Bertz CT molecular complexity index is 886.